The van der Waals surface area contributed by atoms with Crippen LogP contribution in [0.4, 0.5) is 0 Å². The fourth-order valence-corrected chi connectivity index (χ4v) is 4.22. The highest BCUT2D eigenvalue weighted by atomic mass is 16.5. The number of hydrogen-bond acceptors (Lipinski definition) is 5. The minimum atomic E-state index is -0.0451. The Morgan fingerprint density at radius 3 is 3.00 bits per heavy atom. The predicted molar refractivity (Wildman–Crippen MR) is 89.6 cm³/mol. The topological polar surface area (TPSA) is 63.3 Å². The number of methoxy groups -OCH3 is 1. The van der Waals surface area contributed by atoms with Crippen LogP contribution >= 0.6 is 0 Å². The van der Waals surface area contributed by atoms with Crippen molar-refractivity contribution in [1.82, 2.24) is 19.9 Å². The van der Waals surface area contributed by atoms with Crippen LogP contribution in [0.15, 0.2) is 36.8 Å². The molecule has 2 aromatic heterocycles. The molecule has 0 spiro atoms. The van der Waals surface area contributed by atoms with Gasteiger partial charge in [0.05, 0.1) is 12.1 Å². The van der Waals surface area contributed by atoms with Gasteiger partial charge in [-0.1, -0.05) is 6.07 Å². The van der Waals surface area contributed by atoms with Crippen LogP contribution in [0.25, 0.3) is 0 Å². The number of imidazole rings is 1. The molecule has 1 saturated heterocycles. The molecule has 2 aromatic rings. The van der Waals surface area contributed by atoms with Crippen LogP contribution in [0.5, 0.6) is 5.88 Å². The summed E-state index contributed by atoms with van der Waals surface area (Å²) in [6.07, 6.45) is 9.72. The van der Waals surface area contributed by atoms with Gasteiger partial charge in [0.25, 0.3) is 0 Å². The highest BCUT2D eigenvalue weighted by Crippen LogP contribution is 2.43. The van der Waals surface area contributed by atoms with Crippen molar-refractivity contribution < 1.29 is 9.47 Å². The van der Waals surface area contributed by atoms with E-state index in [1.165, 1.54) is 0 Å². The monoisotopic (exact) mass is 328 g/mol. The third-order valence-corrected chi connectivity index (χ3v) is 5.49. The molecule has 0 unspecified atom stereocenters. The van der Waals surface area contributed by atoms with Gasteiger partial charge in [-0.15, -0.1) is 0 Å². The number of fused-ring (bicyclic) bond motifs is 1. The van der Waals surface area contributed by atoms with Gasteiger partial charge in [0.2, 0.25) is 5.88 Å². The van der Waals surface area contributed by atoms with E-state index in [9.17, 15) is 0 Å². The predicted octanol–water partition coefficient (Wildman–Crippen LogP) is 2.40. The molecule has 2 fully saturated rings. The Bertz CT molecular complexity index is 648. The number of pyridine rings is 1. The number of nitrogens with one attached hydrogen (secondary N) is 1. The van der Waals surface area contributed by atoms with Crippen LogP contribution in [-0.2, 0) is 11.3 Å². The molecule has 6 heteroatoms. The molecule has 6 nitrogen and oxygen atoms in total. The number of ether oxygens (including phenoxy) is 2. The second kappa shape index (κ2) is 6.53. The lowest BCUT2D eigenvalue weighted by molar-refractivity contribution is -0.0845. The highest BCUT2D eigenvalue weighted by Gasteiger charge is 2.51. The molecular weight excluding hydrogens is 304 g/mol. The molecule has 1 saturated carbocycles. The first kappa shape index (κ1) is 15.6. The summed E-state index contributed by atoms with van der Waals surface area (Å²) in [6.45, 7) is 1.87. The Hall–Kier alpha value is -1.92. The van der Waals surface area contributed by atoms with E-state index >= 15 is 0 Å². The summed E-state index contributed by atoms with van der Waals surface area (Å²) in [5.41, 5.74) is -0.0451. The van der Waals surface area contributed by atoms with Gasteiger partial charge < -0.3 is 14.5 Å². The van der Waals surface area contributed by atoms with Crippen LogP contribution < -0.4 is 4.74 Å². The van der Waals surface area contributed by atoms with E-state index in [1.807, 2.05) is 37.7 Å². The molecule has 1 aliphatic carbocycles. The van der Waals surface area contributed by atoms with Gasteiger partial charge >= 0.3 is 0 Å². The summed E-state index contributed by atoms with van der Waals surface area (Å²) >= 11 is 0. The van der Waals surface area contributed by atoms with Gasteiger partial charge in [-0.25, -0.2) is 9.97 Å². The average Bonchev–Trinajstić information content (AvgIpc) is 3.25. The minimum absolute atomic E-state index is 0.0451. The van der Waals surface area contributed by atoms with E-state index in [0.717, 1.165) is 44.6 Å². The zero-order valence-corrected chi connectivity index (χ0v) is 14.0. The minimum Gasteiger partial charge on any atom is -0.474 e. The van der Waals surface area contributed by atoms with E-state index in [1.54, 1.807) is 6.20 Å². The van der Waals surface area contributed by atoms with Crippen LogP contribution in [-0.4, -0.2) is 51.3 Å². The summed E-state index contributed by atoms with van der Waals surface area (Å²) in [5.74, 6) is 1.72. The van der Waals surface area contributed by atoms with Crippen LogP contribution in [0.1, 0.15) is 31.5 Å². The second-order valence-corrected chi connectivity index (χ2v) is 6.72. The molecule has 128 valence electrons. The first-order valence-electron chi connectivity index (χ1n) is 8.64. The lowest BCUT2D eigenvalue weighted by atomic mass is 9.79. The highest BCUT2D eigenvalue weighted by molar-refractivity contribution is 5.12. The van der Waals surface area contributed by atoms with Crippen molar-refractivity contribution in [3.05, 3.63) is 42.6 Å². The summed E-state index contributed by atoms with van der Waals surface area (Å²) in [5, 5.41) is 0. The number of likely N-dealkylation sites (tertiary alicyclic amines) is 1. The van der Waals surface area contributed by atoms with Gasteiger partial charge in [-0.05, 0) is 25.3 Å². The Kier molecular flexibility index (Phi) is 4.24. The molecule has 0 radical (unpaired) electrons. The van der Waals surface area contributed by atoms with Crippen molar-refractivity contribution in [2.24, 2.45) is 0 Å². The van der Waals surface area contributed by atoms with Gasteiger partial charge in [-0.3, -0.25) is 4.90 Å². The molecule has 1 aliphatic heterocycles. The van der Waals surface area contributed by atoms with Crippen LogP contribution in [0.2, 0.25) is 0 Å². The molecule has 1 N–H and O–H groups in total. The SMILES string of the molecule is CO[C@@]12CC[C@@H](Oc3ccccn3)C[C@@H]1N(Cc1ncc[nH]1)CC2. The zero-order chi connectivity index (χ0) is 16.4. The van der Waals surface area contributed by atoms with Crippen molar-refractivity contribution in [3.63, 3.8) is 0 Å². The van der Waals surface area contributed by atoms with Gasteiger partial charge in [0.15, 0.2) is 0 Å². The summed E-state index contributed by atoms with van der Waals surface area (Å²) in [6, 6.07) is 6.15. The van der Waals surface area contributed by atoms with E-state index in [2.05, 4.69) is 19.9 Å². The summed E-state index contributed by atoms with van der Waals surface area (Å²) in [7, 11) is 1.85. The fraction of sp³-hybridized carbons (Fsp3) is 0.556. The molecule has 0 amide bonds. The molecule has 4 rings (SSSR count). The molecule has 2 aliphatic rings. The number of aromatic nitrogens is 3. The summed E-state index contributed by atoms with van der Waals surface area (Å²) < 4.78 is 12.1. The third kappa shape index (κ3) is 2.91. The second-order valence-electron chi connectivity index (χ2n) is 6.72. The Labute approximate surface area is 142 Å². The number of rotatable bonds is 5. The van der Waals surface area contributed by atoms with Crippen LogP contribution in [0.3, 0.4) is 0 Å². The van der Waals surface area contributed by atoms with Crippen molar-refractivity contribution in [1.29, 1.82) is 0 Å². The number of nitrogens with zero attached hydrogens (tertiary/aromatic N) is 3. The van der Waals surface area contributed by atoms with Crippen LogP contribution in [0, 0.1) is 0 Å². The fourth-order valence-electron chi connectivity index (χ4n) is 4.22. The molecule has 24 heavy (non-hydrogen) atoms. The standard InChI is InChI=1S/C18H24N4O2/c1-23-18-6-5-14(24-17-4-2-3-8-21-17)12-15(18)22(11-7-18)13-16-19-9-10-20-16/h2-4,8-10,14-15H,5-7,11-13H2,1H3,(H,19,20)/t14-,15+,18-/m1/s1. The maximum absolute atomic E-state index is 6.12. The first-order chi connectivity index (χ1) is 11.8. The maximum atomic E-state index is 6.12. The number of H-pyrrole nitrogens is 1. The third-order valence-electron chi connectivity index (χ3n) is 5.49. The lowest BCUT2D eigenvalue weighted by Crippen LogP contribution is -2.52. The van der Waals surface area contributed by atoms with Crippen molar-refractivity contribution in [3.8, 4) is 5.88 Å². The quantitative estimate of drug-likeness (QED) is 0.913. The number of hydrogen-bond donors (Lipinski definition) is 1. The lowest BCUT2D eigenvalue weighted by Gasteiger charge is -2.43. The van der Waals surface area contributed by atoms with Gasteiger partial charge in [0.1, 0.15) is 11.9 Å². The van der Waals surface area contributed by atoms with E-state index in [4.69, 9.17) is 9.47 Å². The average molecular weight is 328 g/mol. The van der Waals surface area contributed by atoms with Crippen molar-refractivity contribution in [2.45, 2.75) is 50.0 Å². The molecule has 3 atom stereocenters. The van der Waals surface area contributed by atoms with E-state index in [0.29, 0.717) is 11.9 Å². The Balaban J connectivity index is 1.48. The maximum Gasteiger partial charge on any atom is 0.213 e. The number of aromatic amines is 1. The molecular formula is C18H24N4O2. The smallest absolute Gasteiger partial charge is 0.213 e. The van der Waals surface area contributed by atoms with E-state index in [-0.39, 0.29) is 11.7 Å². The Morgan fingerprint density at radius 2 is 2.25 bits per heavy atom. The Morgan fingerprint density at radius 1 is 1.29 bits per heavy atom. The van der Waals surface area contributed by atoms with Crippen molar-refractivity contribution in [2.75, 3.05) is 13.7 Å². The first-order valence-corrected chi connectivity index (χ1v) is 8.64. The van der Waals surface area contributed by atoms with Crippen molar-refractivity contribution >= 4 is 0 Å². The zero-order valence-electron chi connectivity index (χ0n) is 14.0. The normalized spacial score (nSPS) is 30.2. The van der Waals surface area contributed by atoms with Gasteiger partial charge in [0, 0.05) is 50.8 Å². The summed E-state index contributed by atoms with van der Waals surface area (Å²) in [4.78, 5) is 14.4. The molecule has 0 bridgehead atoms. The molecule has 3 heterocycles. The van der Waals surface area contributed by atoms with Gasteiger partial charge in [-0.2, -0.15) is 0 Å². The molecule has 0 aromatic carbocycles. The van der Waals surface area contributed by atoms with E-state index < -0.39 is 0 Å². The largest absolute Gasteiger partial charge is 0.474 e.